The lowest BCUT2D eigenvalue weighted by atomic mass is 10.2. The molecule has 7 heteroatoms. The van der Waals surface area contributed by atoms with Gasteiger partial charge >= 0.3 is 0 Å². The average Bonchev–Trinajstić information content (AvgIpc) is 3.01. The van der Waals surface area contributed by atoms with E-state index in [0.717, 1.165) is 0 Å². The van der Waals surface area contributed by atoms with Crippen LogP contribution in [0.4, 0.5) is 5.69 Å². The molecular formula is C12H10ClN5O. The molecule has 0 saturated heterocycles. The number of imidazole rings is 1. The van der Waals surface area contributed by atoms with Crippen LogP contribution in [0.1, 0.15) is 0 Å². The topological polar surface area (TPSA) is 82.8 Å². The molecule has 0 bridgehead atoms. The summed E-state index contributed by atoms with van der Waals surface area (Å²) < 4.78 is 7.01. The van der Waals surface area contributed by atoms with Gasteiger partial charge in [-0.25, -0.2) is 4.98 Å². The smallest absolute Gasteiger partial charge is 0.260 e. The second kappa shape index (κ2) is 4.40. The van der Waals surface area contributed by atoms with E-state index in [4.69, 9.17) is 21.9 Å². The molecule has 6 nitrogen and oxygen atoms in total. The van der Waals surface area contributed by atoms with Crippen LogP contribution in [0.25, 0.3) is 23.1 Å². The van der Waals surface area contributed by atoms with Gasteiger partial charge in [-0.05, 0) is 12.1 Å². The van der Waals surface area contributed by atoms with Gasteiger partial charge in [0.05, 0.1) is 16.3 Å². The maximum atomic E-state index is 5.96. The van der Waals surface area contributed by atoms with Crippen molar-refractivity contribution in [3.8, 4) is 23.1 Å². The summed E-state index contributed by atoms with van der Waals surface area (Å²) in [6.45, 7) is 0. The Kier molecular flexibility index (Phi) is 2.72. The van der Waals surface area contributed by atoms with Gasteiger partial charge in [-0.2, -0.15) is 4.98 Å². The van der Waals surface area contributed by atoms with Crippen molar-refractivity contribution >= 4 is 17.3 Å². The first kappa shape index (κ1) is 11.7. The van der Waals surface area contributed by atoms with Crippen LogP contribution in [0.2, 0.25) is 5.02 Å². The number of nitrogens with zero attached hydrogens (tertiary/aromatic N) is 4. The number of hydrogen-bond acceptors (Lipinski definition) is 5. The monoisotopic (exact) mass is 275 g/mol. The largest absolute Gasteiger partial charge is 0.397 e. The summed E-state index contributed by atoms with van der Waals surface area (Å²) in [7, 11) is 1.85. The number of halogens is 1. The van der Waals surface area contributed by atoms with E-state index in [-0.39, 0.29) is 0 Å². The lowest BCUT2D eigenvalue weighted by Crippen LogP contribution is -1.93. The Morgan fingerprint density at radius 3 is 2.95 bits per heavy atom. The molecule has 0 fully saturated rings. The van der Waals surface area contributed by atoms with Crippen LogP contribution in [0.5, 0.6) is 0 Å². The second-order valence-corrected chi connectivity index (χ2v) is 4.39. The third kappa shape index (κ3) is 1.96. The van der Waals surface area contributed by atoms with Crippen LogP contribution in [-0.4, -0.2) is 19.7 Å². The Balaban J connectivity index is 2.07. The van der Waals surface area contributed by atoms with E-state index in [9.17, 15) is 0 Å². The first-order valence-electron chi connectivity index (χ1n) is 5.52. The molecule has 2 aromatic heterocycles. The summed E-state index contributed by atoms with van der Waals surface area (Å²) >= 11 is 5.96. The lowest BCUT2D eigenvalue weighted by molar-refractivity contribution is 0.432. The molecule has 0 atom stereocenters. The van der Waals surface area contributed by atoms with Gasteiger partial charge < -0.3 is 14.8 Å². The zero-order valence-corrected chi connectivity index (χ0v) is 10.8. The fourth-order valence-corrected chi connectivity index (χ4v) is 1.90. The standard InChI is InChI=1S/C12H10ClN5O/c1-18-6-5-15-11(18)10-16-12(19-17-10)7-3-2-4-8(13)9(7)14/h2-6H,14H2,1H3. The lowest BCUT2D eigenvalue weighted by Gasteiger charge is -2.01. The molecule has 96 valence electrons. The van der Waals surface area contributed by atoms with Crippen molar-refractivity contribution in [2.45, 2.75) is 0 Å². The van der Waals surface area contributed by atoms with Crippen LogP contribution in [-0.2, 0) is 7.05 Å². The predicted molar refractivity (Wildman–Crippen MR) is 71.4 cm³/mol. The first-order chi connectivity index (χ1) is 9.16. The van der Waals surface area contributed by atoms with Crippen molar-refractivity contribution in [3.05, 3.63) is 35.6 Å². The highest BCUT2D eigenvalue weighted by molar-refractivity contribution is 6.33. The number of para-hydroxylation sites is 1. The highest BCUT2D eigenvalue weighted by atomic mass is 35.5. The molecule has 3 rings (SSSR count). The van der Waals surface area contributed by atoms with Crippen LogP contribution in [0, 0.1) is 0 Å². The molecular weight excluding hydrogens is 266 g/mol. The van der Waals surface area contributed by atoms with Gasteiger partial charge in [-0.3, -0.25) is 0 Å². The number of aryl methyl sites for hydroxylation is 1. The predicted octanol–water partition coefficient (Wildman–Crippen LogP) is 2.37. The van der Waals surface area contributed by atoms with Crippen molar-refractivity contribution < 1.29 is 4.52 Å². The molecule has 0 aliphatic rings. The minimum atomic E-state index is 0.318. The summed E-state index contributed by atoms with van der Waals surface area (Å²) in [5.74, 6) is 1.34. The molecule has 2 heterocycles. The average molecular weight is 276 g/mol. The molecule has 0 amide bonds. The zero-order chi connectivity index (χ0) is 13.4. The van der Waals surface area contributed by atoms with Crippen molar-refractivity contribution in [3.63, 3.8) is 0 Å². The highest BCUT2D eigenvalue weighted by Crippen LogP contribution is 2.31. The summed E-state index contributed by atoms with van der Waals surface area (Å²) in [6.07, 6.45) is 3.47. The van der Waals surface area contributed by atoms with Gasteiger partial charge in [0.2, 0.25) is 5.82 Å². The zero-order valence-electron chi connectivity index (χ0n) is 10.0. The summed E-state index contributed by atoms with van der Waals surface area (Å²) in [5.41, 5.74) is 6.92. The number of aromatic nitrogens is 4. The second-order valence-electron chi connectivity index (χ2n) is 3.99. The normalized spacial score (nSPS) is 10.8. The summed E-state index contributed by atoms with van der Waals surface area (Å²) in [6, 6.07) is 5.26. The molecule has 2 N–H and O–H groups in total. The van der Waals surface area contributed by atoms with E-state index >= 15 is 0 Å². The fourth-order valence-electron chi connectivity index (χ4n) is 1.73. The first-order valence-corrected chi connectivity index (χ1v) is 5.90. The number of hydrogen-bond donors (Lipinski definition) is 1. The summed E-state index contributed by atoms with van der Waals surface area (Å²) in [5, 5.41) is 4.35. The molecule has 0 aliphatic carbocycles. The van der Waals surface area contributed by atoms with Crippen molar-refractivity contribution in [2.75, 3.05) is 5.73 Å². The Morgan fingerprint density at radius 1 is 1.37 bits per heavy atom. The number of rotatable bonds is 2. The van der Waals surface area contributed by atoms with Gasteiger partial charge in [-0.15, -0.1) is 0 Å². The van der Waals surface area contributed by atoms with Gasteiger partial charge in [0.15, 0.2) is 5.82 Å². The number of anilines is 1. The van der Waals surface area contributed by atoms with E-state index in [0.29, 0.717) is 33.8 Å². The van der Waals surface area contributed by atoms with E-state index in [2.05, 4.69) is 15.1 Å². The number of nitrogen functional groups attached to an aromatic ring is 1. The molecule has 0 radical (unpaired) electrons. The molecule has 0 saturated carbocycles. The Hall–Kier alpha value is -2.34. The van der Waals surface area contributed by atoms with Gasteiger partial charge in [0.1, 0.15) is 0 Å². The minimum Gasteiger partial charge on any atom is -0.397 e. The van der Waals surface area contributed by atoms with Gasteiger partial charge in [0.25, 0.3) is 5.89 Å². The highest BCUT2D eigenvalue weighted by Gasteiger charge is 2.16. The number of benzene rings is 1. The van der Waals surface area contributed by atoms with Crippen LogP contribution < -0.4 is 5.73 Å². The minimum absolute atomic E-state index is 0.318. The third-order valence-corrected chi connectivity index (χ3v) is 3.06. The summed E-state index contributed by atoms with van der Waals surface area (Å²) in [4.78, 5) is 8.44. The van der Waals surface area contributed by atoms with Crippen molar-refractivity contribution in [2.24, 2.45) is 7.05 Å². The molecule has 19 heavy (non-hydrogen) atoms. The Bertz CT molecular complexity index is 733. The van der Waals surface area contributed by atoms with Crippen molar-refractivity contribution in [1.29, 1.82) is 0 Å². The van der Waals surface area contributed by atoms with Crippen molar-refractivity contribution in [1.82, 2.24) is 19.7 Å². The van der Waals surface area contributed by atoms with Gasteiger partial charge in [-0.1, -0.05) is 22.8 Å². The van der Waals surface area contributed by atoms with Gasteiger partial charge in [0, 0.05) is 19.4 Å². The molecule has 3 aromatic rings. The maximum Gasteiger partial charge on any atom is 0.260 e. The SMILES string of the molecule is Cn1ccnc1-c1noc(-c2cccc(Cl)c2N)n1. The van der Waals surface area contributed by atoms with E-state index < -0.39 is 0 Å². The van der Waals surface area contributed by atoms with E-state index in [1.165, 1.54) is 0 Å². The fraction of sp³-hybridized carbons (Fsp3) is 0.0833. The van der Waals surface area contributed by atoms with Crippen LogP contribution >= 0.6 is 11.6 Å². The third-order valence-electron chi connectivity index (χ3n) is 2.73. The van der Waals surface area contributed by atoms with E-state index in [1.807, 2.05) is 7.05 Å². The molecule has 1 aromatic carbocycles. The Labute approximate surface area is 113 Å². The molecule has 0 spiro atoms. The Morgan fingerprint density at radius 2 is 2.21 bits per heavy atom. The van der Waals surface area contributed by atoms with E-state index in [1.54, 1.807) is 35.2 Å². The molecule has 0 unspecified atom stereocenters. The van der Waals surface area contributed by atoms with Crippen LogP contribution in [0.15, 0.2) is 35.1 Å². The molecule has 0 aliphatic heterocycles. The quantitative estimate of drug-likeness (QED) is 0.726. The maximum absolute atomic E-state index is 5.96. The number of nitrogens with two attached hydrogens (primary N) is 1. The van der Waals surface area contributed by atoms with Crippen LogP contribution in [0.3, 0.4) is 0 Å².